The second-order valence-electron chi connectivity index (χ2n) is 12.5. The molecule has 0 radical (unpaired) electrons. The Balaban J connectivity index is 1.38. The van der Waals surface area contributed by atoms with Crippen LogP contribution in [0.3, 0.4) is 0 Å². The first-order valence-corrected chi connectivity index (χ1v) is 13.6. The van der Waals surface area contributed by atoms with Crippen molar-refractivity contribution in [3.05, 3.63) is 77.4 Å². The van der Waals surface area contributed by atoms with Gasteiger partial charge in [-0.1, -0.05) is 98.4 Å². The van der Waals surface area contributed by atoms with Crippen LogP contribution in [0.25, 0.3) is 6.08 Å². The normalized spacial score (nSPS) is 37.2. The number of piperidine rings is 1. The van der Waals surface area contributed by atoms with Crippen LogP contribution in [-0.2, 0) is 5.41 Å². The number of hydrogen-bond donors (Lipinski definition) is 1. The van der Waals surface area contributed by atoms with Crippen molar-refractivity contribution in [1.82, 2.24) is 4.90 Å². The van der Waals surface area contributed by atoms with Gasteiger partial charge >= 0.3 is 0 Å². The Kier molecular flexibility index (Phi) is 5.31. The molecule has 5 fully saturated rings. The molecule has 3 heteroatoms. The van der Waals surface area contributed by atoms with Crippen LogP contribution >= 0.6 is 12.2 Å². The summed E-state index contributed by atoms with van der Waals surface area (Å²) in [5.74, 6) is 1.25. The van der Waals surface area contributed by atoms with Gasteiger partial charge in [0, 0.05) is 24.5 Å². The minimum Gasteiger partial charge on any atom is -0.365 e. The molecule has 5 atom stereocenters. The number of benzene rings is 2. The van der Waals surface area contributed by atoms with E-state index >= 15 is 0 Å². The Hall–Kier alpha value is -1.97. The van der Waals surface area contributed by atoms with Crippen LogP contribution in [0.2, 0.25) is 0 Å². The van der Waals surface area contributed by atoms with Gasteiger partial charge in [-0.15, -0.1) is 0 Å². The van der Waals surface area contributed by atoms with Gasteiger partial charge in [0.1, 0.15) is 0 Å². The van der Waals surface area contributed by atoms with Gasteiger partial charge in [-0.2, -0.15) is 0 Å². The number of nitrogens with zero attached hydrogens (tertiary/aromatic N) is 1. The average molecular weight is 471 g/mol. The van der Waals surface area contributed by atoms with E-state index in [2.05, 4.69) is 85.5 Å². The van der Waals surface area contributed by atoms with Crippen molar-refractivity contribution in [2.45, 2.75) is 63.8 Å². The zero-order valence-corrected chi connectivity index (χ0v) is 21.5. The zero-order chi connectivity index (χ0) is 23.6. The van der Waals surface area contributed by atoms with Crippen molar-refractivity contribution in [3.8, 4) is 0 Å². The summed E-state index contributed by atoms with van der Waals surface area (Å²) in [4.78, 5) is 3.81. The lowest BCUT2D eigenvalue weighted by atomic mass is 9.41. The number of nitrogens with two attached hydrogens (primary N) is 1. The third kappa shape index (κ3) is 3.58. The molecular formula is C31H38N2S. The Bertz CT molecular complexity index is 1080. The molecule has 4 saturated carbocycles. The van der Waals surface area contributed by atoms with Crippen molar-refractivity contribution in [1.29, 1.82) is 0 Å². The molecule has 4 bridgehead atoms. The van der Waals surface area contributed by atoms with Gasteiger partial charge in [-0.25, -0.2) is 0 Å². The molecule has 0 aromatic heterocycles. The second kappa shape index (κ2) is 8.03. The van der Waals surface area contributed by atoms with Crippen molar-refractivity contribution in [2.75, 3.05) is 13.1 Å². The fourth-order valence-electron chi connectivity index (χ4n) is 8.18. The van der Waals surface area contributed by atoms with E-state index in [1.807, 2.05) is 0 Å². The molecule has 2 aromatic carbocycles. The lowest BCUT2D eigenvalue weighted by Crippen LogP contribution is -2.62. The first-order chi connectivity index (χ1) is 16.3. The molecule has 2 aromatic rings. The molecule has 1 saturated heterocycles. The van der Waals surface area contributed by atoms with E-state index in [0.29, 0.717) is 11.8 Å². The summed E-state index contributed by atoms with van der Waals surface area (Å²) in [7, 11) is 0. The largest absolute Gasteiger partial charge is 0.365 e. The van der Waals surface area contributed by atoms with Crippen LogP contribution in [0.5, 0.6) is 0 Å². The number of likely N-dealkylation sites (tertiary alicyclic amines) is 1. The highest BCUT2D eigenvalue weighted by atomic mass is 32.1. The molecule has 34 heavy (non-hydrogen) atoms. The van der Waals surface area contributed by atoms with Gasteiger partial charge in [0.05, 0.1) is 4.99 Å². The van der Waals surface area contributed by atoms with Crippen LogP contribution in [0.1, 0.15) is 63.5 Å². The maximum absolute atomic E-state index is 6.49. The van der Waals surface area contributed by atoms with Gasteiger partial charge < -0.3 is 10.6 Å². The van der Waals surface area contributed by atoms with Gasteiger partial charge in [0.2, 0.25) is 0 Å². The standard InChI is InChI=1S/C31H38N2S/c1-29(2)21-33(14-13-27(29)32)28(34)31-18-23-16-30(20-31,25-11-7-4-8-12-25)17-24(19-31)26(23)15-22-9-5-3-6-10-22/h3-12,15,23-24,27H,13-14,16-21,32H2,1-2H3/t23-,24?,27+,30?,31?/m1/s1. The highest BCUT2D eigenvalue weighted by molar-refractivity contribution is 7.80. The minimum atomic E-state index is 0.111. The van der Waals surface area contributed by atoms with Gasteiger partial charge in [-0.3, -0.25) is 0 Å². The topological polar surface area (TPSA) is 29.3 Å². The molecule has 5 aliphatic rings. The summed E-state index contributed by atoms with van der Waals surface area (Å²) < 4.78 is 0. The molecule has 0 spiro atoms. The van der Waals surface area contributed by atoms with Crippen LogP contribution in [-0.4, -0.2) is 29.0 Å². The summed E-state index contributed by atoms with van der Waals surface area (Å²) in [6.45, 7) is 6.65. The predicted molar refractivity (Wildman–Crippen MR) is 146 cm³/mol. The number of allylic oxidation sites excluding steroid dienone is 1. The lowest BCUT2D eigenvalue weighted by molar-refractivity contribution is -0.000795. The third-order valence-corrected chi connectivity index (χ3v) is 10.4. The maximum Gasteiger partial charge on any atom is 0.0842 e. The second-order valence-corrected chi connectivity index (χ2v) is 12.9. The predicted octanol–water partition coefficient (Wildman–Crippen LogP) is 6.60. The molecule has 178 valence electrons. The van der Waals surface area contributed by atoms with E-state index in [-0.39, 0.29) is 22.3 Å². The van der Waals surface area contributed by atoms with Crippen molar-refractivity contribution < 1.29 is 0 Å². The third-order valence-electron chi connectivity index (χ3n) is 9.74. The number of hydrogen-bond acceptors (Lipinski definition) is 2. The molecule has 2 N–H and O–H groups in total. The fourth-order valence-corrected chi connectivity index (χ4v) is 8.57. The Morgan fingerprint density at radius 3 is 2.18 bits per heavy atom. The van der Waals surface area contributed by atoms with Crippen LogP contribution in [0.15, 0.2) is 66.2 Å². The average Bonchev–Trinajstić information content (AvgIpc) is 2.83. The van der Waals surface area contributed by atoms with Gasteiger partial charge in [-0.05, 0) is 72.3 Å². The minimum absolute atomic E-state index is 0.111. The number of rotatable bonds is 3. The Morgan fingerprint density at radius 2 is 1.56 bits per heavy atom. The van der Waals surface area contributed by atoms with Crippen LogP contribution < -0.4 is 5.73 Å². The van der Waals surface area contributed by atoms with Crippen molar-refractivity contribution >= 4 is 23.3 Å². The molecule has 1 aliphatic heterocycles. The molecule has 1 heterocycles. The van der Waals surface area contributed by atoms with Crippen molar-refractivity contribution in [3.63, 3.8) is 0 Å². The SMILES string of the molecule is CC1(C)CN(C(=S)C23CC4CC(c5ccccc5)(C[C@H](C2)C4=Cc2ccccc2)C3)CC[C@@H]1N. The molecule has 4 aliphatic carbocycles. The summed E-state index contributed by atoms with van der Waals surface area (Å²) in [6, 6.07) is 22.6. The first kappa shape index (κ1) is 22.5. The van der Waals surface area contributed by atoms with Crippen LogP contribution in [0.4, 0.5) is 0 Å². The van der Waals surface area contributed by atoms with E-state index in [1.54, 1.807) is 5.57 Å². The van der Waals surface area contributed by atoms with E-state index in [9.17, 15) is 0 Å². The van der Waals surface area contributed by atoms with E-state index in [4.69, 9.17) is 18.0 Å². The molecule has 0 amide bonds. The fraction of sp³-hybridized carbons (Fsp3) is 0.516. The highest BCUT2D eigenvalue weighted by Gasteiger charge is 2.62. The summed E-state index contributed by atoms with van der Waals surface area (Å²) in [5, 5.41) is 0. The van der Waals surface area contributed by atoms with Crippen LogP contribution in [0, 0.1) is 22.7 Å². The quantitative estimate of drug-likeness (QED) is 0.512. The maximum atomic E-state index is 6.49. The van der Waals surface area contributed by atoms with E-state index in [1.165, 1.54) is 48.2 Å². The van der Waals surface area contributed by atoms with Crippen molar-refractivity contribution in [2.24, 2.45) is 28.4 Å². The molecule has 3 unspecified atom stereocenters. The monoisotopic (exact) mass is 470 g/mol. The first-order valence-electron chi connectivity index (χ1n) is 13.2. The lowest BCUT2D eigenvalue weighted by Gasteiger charge is -2.64. The smallest absolute Gasteiger partial charge is 0.0842 e. The Morgan fingerprint density at radius 1 is 0.941 bits per heavy atom. The number of thiocarbonyl (C=S) groups is 1. The van der Waals surface area contributed by atoms with Gasteiger partial charge in [0.25, 0.3) is 0 Å². The van der Waals surface area contributed by atoms with E-state index < -0.39 is 0 Å². The highest BCUT2D eigenvalue weighted by Crippen LogP contribution is 2.68. The summed E-state index contributed by atoms with van der Waals surface area (Å²) >= 11 is 6.44. The summed E-state index contributed by atoms with van der Waals surface area (Å²) in [6.07, 6.45) is 9.76. The Labute approximate surface area is 210 Å². The molecule has 2 nitrogen and oxygen atoms in total. The summed E-state index contributed by atoms with van der Waals surface area (Å²) in [5.41, 5.74) is 11.6. The van der Waals surface area contributed by atoms with Gasteiger partial charge in [0.15, 0.2) is 0 Å². The molecule has 7 rings (SSSR count). The van der Waals surface area contributed by atoms with E-state index in [0.717, 1.165) is 19.5 Å². The zero-order valence-electron chi connectivity index (χ0n) is 20.7. The molecular weight excluding hydrogens is 432 g/mol.